The molecule has 3 heterocycles. The van der Waals surface area contributed by atoms with Gasteiger partial charge in [0.05, 0.1) is 22.6 Å². The molecule has 0 spiro atoms. The summed E-state index contributed by atoms with van der Waals surface area (Å²) in [7, 11) is -3.26. The summed E-state index contributed by atoms with van der Waals surface area (Å²) in [6, 6.07) is 11.0. The number of pyridine rings is 1. The molecule has 2 aromatic heterocycles. The van der Waals surface area contributed by atoms with Crippen LogP contribution in [0.2, 0.25) is 0 Å². The van der Waals surface area contributed by atoms with Crippen LogP contribution in [0.15, 0.2) is 34.7 Å². The molecular weight excluding hydrogens is 476 g/mol. The third kappa shape index (κ3) is 4.54. The molecule has 1 aliphatic heterocycles. The number of nitrogens with two attached hydrogens (primary N) is 2. The van der Waals surface area contributed by atoms with Gasteiger partial charge in [-0.3, -0.25) is 4.79 Å². The number of nitriles is 1. The minimum atomic E-state index is -3.26. The molecule has 0 radical (unpaired) electrons. The van der Waals surface area contributed by atoms with Crippen LogP contribution in [0.5, 0.6) is 0 Å². The summed E-state index contributed by atoms with van der Waals surface area (Å²) in [5.41, 5.74) is 13.7. The predicted molar refractivity (Wildman–Crippen MR) is 132 cm³/mol. The lowest BCUT2D eigenvalue weighted by molar-refractivity contribution is 0.100. The van der Waals surface area contributed by atoms with Crippen LogP contribution in [0.1, 0.15) is 28.6 Å². The van der Waals surface area contributed by atoms with E-state index in [4.69, 9.17) is 15.9 Å². The second kappa shape index (κ2) is 9.30. The van der Waals surface area contributed by atoms with E-state index in [-0.39, 0.29) is 28.5 Å². The molecule has 0 unspecified atom stereocenters. The van der Waals surface area contributed by atoms with Crippen molar-refractivity contribution in [3.63, 3.8) is 0 Å². The first kappa shape index (κ1) is 23.5. The Morgan fingerprint density at radius 2 is 2.09 bits per heavy atom. The zero-order chi connectivity index (χ0) is 24.5. The molecule has 1 aliphatic carbocycles. The molecule has 34 heavy (non-hydrogen) atoms. The first-order chi connectivity index (χ1) is 16.2. The van der Waals surface area contributed by atoms with Crippen molar-refractivity contribution in [3.8, 4) is 28.7 Å². The maximum Gasteiger partial charge on any atom is 0.259 e. The topological polar surface area (TPSA) is 177 Å². The molecule has 4 rings (SSSR count). The SMILES string of the molecule is CCS(=O)(=O)NCCCNc1nc2sc(C(N)=O)c(-c3oc4cccc-4cc3N)c2cc1C#N. The molecule has 10 nitrogen and oxygen atoms in total. The van der Waals surface area contributed by atoms with Crippen LogP contribution in [-0.2, 0) is 10.0 Å². The molecule has 6 N–H and O–H groups in total. The summed E-state index contributed by atoms with van der Waals surface area (Å²) in [5, 5.41) is 13.3. The summed E-state index contributed by atoms with van der Waals surface area (Å²) in [4.78, 5) is 17.5. The van der Waals surface area contributed by atoms with Crippen LogP contribution >= 0.6 is 11.3 Å². The van der Waals surface area contributed by atoms with Crippen LogP contribution in [0.4, 0.5) is 11.5 Å². The summed E-state index contributed by atoms with van der Waals surface area (Å²) < 4.78 is 31.5. The monoisotopic (exact) mass is 498 g/mol. The average molecular weight is 499 g/mol. The number of nitrogens with zero attached hydrogens (tertiary/aromatic N) is 2. The molecule has 0 saturated heterocycles. The first-order valence-electron chi connectivity index (χ1n) is 10.4. The number of sulfonamides is 1. The summed E-state index contributed by atoms with van der Waals surface area (Å²) in [5.74, 6) is 0.563. The fraction of sp³-hybridized carbons (Fsp3) is 0.227. The fourth-order valence-electron chi connectivity index (χ4n) is 3.49. The number of nitrogens with one attached hydrogen (secondary N) is 2. The summed E-state index contributed by atoms with van der Waals surface area (Å²) in [6.45, 7) is 2.21. The van der Waals surface area contributed by atoms with E-state index in [1.54, 1.807) is 25.1 Å². The largest absolute Gasteiger partial charge is 0.454 e. The molecule has 2 aromatic rings. The van der Waals surface area contributed by atoms with Gasteiger partial charge in [-0.2, -0.15) is 5.26 Å². The van der Waals surface area contributed by atoms with Crippen molar-refractivity contribution < 1.29 is 17.6 Å². The lowest BCUT2D eigenvalue weighted by Crippen LogP contribution is -2.27. The van der Waals surface area contributed by atoms with Crippen molar-refractivity contribution in [1.82, 2.24) is 9.71 Å². The lowest BCUT2D eigenvalue weighted by Gasteiger charge is -2.10. The number of anilines is 2. The van der Waals surface area contributed by atoms with E-state index in [0.717, 1.165) is 16.9 Å². The Morgan fingerprint density at radius 3 is 2.79 bits per heavy atom. The lowest BCUT2D eigenvalue weighted by atomic mass is 10.0. The highest BCUT2D eigenvalue weighted by Crippen LogP contribution is 2.43. The highest BCUT2D eigenvalue weighted by Gasteiger charge is 2.25. The maximum atomic E-state index is 12.3. The molecule has 0 saturated carbocycles. The van der Waals surface area contributed by atoms with Gasteiger partial charge in [0.1, 0.15) is 27.4 Å². The minimum Gasteiger partial charge on any atom is -0.454 e. The maximum absolute atomic E-state index is 12.3. The number of nitrogen functional groups attached to an aromatic ring is 1. The molecular formula is C22H22N6O4S2. The molecule has 0 aromatic carbocycles. The van der Waals surface area contributed by atoms with Crippen LogP contribution in [-0.4, -0.2) is 38.2 Å². The number of aromatic nitrogens is 1. The van der Waals surface area contributed by atoms with Gasteiger partial charge in [0, 0.05) is 24.0 Å². The Hall–Kier alpha value is -3.66. The Balaban J connectivity index is 1.71. The minimum absolute atomic E-state index is 0.00963. The van der Waals surface area contributed by atoms with Gasteiger partial charge in [-0.25, -0.2) is 18.1 Å². The summed E-state index contributed by atoms with van der Waals surface area (Å²) in [6.07, 6.45) is 0.487. The zero-order valence-corrected chi connectivity index (χ0v) is 19.8. The molecule has 2 aliphatic rings. The summed E-state index contributed by atoms with van der Waals surface area (Å²) >= 11 is 1.08. The number of carbonyl (C=O) groups is 1. The van der Waals surface area contributed by atoms with Crippen LogP contribution in [0.25, 0.3) is 32.9 Å². The Morgan fingerprint density at radius 1 is 1.29 bits per heavy atom. The number of thiophene rings is 1. The number of carbonyl (C=O) groups excluding carboxylic acids is 1. The van der Waals surface area contributed by atoms with Crippen molar-refractivity contribution >= 4 is 49.0 Å². The standard InChI is InChI=1S/C22H22N6O4S2/c1-2-34(30,31)27-8-4-7-26-21-13(11-23)9-14-17(19(20(25)29)33-22(14)28-21)18-15(24)10-12-5-3-6-16(12)32-18/h3,5-6,9-10,27H,2,4,7-8,24H2,1H3,(H2,25,29)(H,26,28). The predicted octanol–water partition coefficient (Wildman–Crippen LogP) is 2.96. The van der Waals surface area contributed by atoms with E-state index in [2.05, 4.69) is 21.1 Å². The van der Waals surface area contributed by atoms with Crippen molar-refractivity contribution in [2.45, 2.75) is 13.3 Å². The third-order valence-corrected chi connectivity index (χ3v) is 7.71. The first-order valence-corrected chi connectivity index (χ1v) is 12.9. The van der Waals surface area contributed by atoms with Gasteiger partial charge in [0.15, 0.2) is 5.76 Å². The van der Waals surface area contributed by atoms with Gasteiger partial charge >= 0.3 is 0 Å². The van der Waals surface area contributed by atoms with Crippen LogP contribution < -0.4 is 21.5 Å². The molecule has 12 heteroatoms. The number of hydrogen-bond donors (Lipinski definition) is 4. The molecule has 1 amide bonds. The number of rotatable bonds is 9. The van der Waals surface area contributed by atoms with Crippen molar-refractivity contribution in [2.75, 3.05) is 29.9 Å². The second-order valence-corrected chi connectivity index (χ2v) is 10.6. The Kier molecular flexibility index (Phi) is 6.43. The van der Waals surface area contributed by atoms with Gasteiger partial charge < -0.3 is 21.2 Å². The molecule has 0 atom stereocenters. The highest BCUT2D eigenvalue weighted by atomic mass is 32.2. The smallest absolute Gasteiger partial charge is 0.259 e. The normalized spacial score (nSPS) is 11.6. The number of fused-ring (bicyclic) bond motifs is 2. The average Bonchev–Trinajstić information content (AvgIpc) is 3.41. The quantitative estimate of drug-likeness (QED) is 0.254. The number of hydrogen-bond acceptors (Lipinski definition) is 9. The van der Waals surface area contributed by atoms with Gasteiger partial charge in [-0.1, -0.05) is 12.1 Å². The van der Waals surface area contributed by atoms with E-state index in [9.17, 15) is 18.5 Å². The Bertz CT molecular complexity index is 1500. The Labute approximate surface area is 200 Å². The van der Waals surface area contributed by atoms with Gasteiger partial charge in [-0.15, -0.1) is 11.3 Å². The van der Waals surface area contributed by atoms with Gasteiger partial charge in [0.25, 0.3) is 5.91 Å². The molecule has 0 fully saturated rings. The second-order valence-electron chi connectivity index (χ2n) is 7.47. The molecule has 176 valence electrons. The van der Waals surface area contributed by atoms with Crippen molar-refractivity contribution in [2.24, 2.45) is 5.73 Å². The number of amides is 1. The van der Waals surface area contributed by atoms with Gasteiger partial charge in [-0.05, 0) is 31.5 Å². The van der Waals surface area contributed by atoms with Gasteiger partial charge in [0.2, 0.25) is 10.0 Å². The zero-order valence-electron chi connectivity index (χ0n) is 18.2. The van der Waals surface area contributed by atoms with Crippen LogP contribution in [0.3, 0.4) is 0 Å². The highest BCUT2D eigenvalue weighted by molar-refractivity contribution is 7.89. The van der Waals surface area contributed by atoms with E-state index in [1.807, 2.05) is 12.1 Å². The number of primary amides is 1. The third-order valence-electron chi connectivity index (χ3n) is 5.20. The van der Waals surface area contributed by atoms with E-state index < -0.39 is 15.9 Å². The fourth-order valence-corrected chi connectivity index (χ4v) is 5.16. The van der Waals surface area contributed by atoms with E-state index in [1.165, 1.54) is 0 Å². The van der Waals surface area contributed by atoms with Crippen LogP contribution in [0, 0.1) is 11.3 Å². The van der Waals surface area contributed by atoms with E-state index >= 15 is 0 Å². The van der Waals surface area contributed by atoms with Crippen molar-refractivity contribution in [3.05, 3.63) is 40.8 Å². The van der Waals surface area contributed by atoms with Crippen molar-refractivity contribution in [1.29, 1.82) is 5.26 Å². The van der Waals surface area contributed by atoms with E-state index in [0.29, 0.717) is 46.0 Å². The molecule has 0 bridgehead atoms.